The van der Waals surface area contributed by atoms with Crippen molar-refractivity contribution in [3.63, 3.8) is 0 Å². The van der Waals surface area contributed by atoms with Gasteiger partial charge >= 0.3 is 12.1 Å². The maximum atomic E-state index is 12.5. The number of nitrogens with one attached hydrogen (secondary N) is 2. The molecule has 0 saturated heterocycles. The van der Waals surface area contributed by atoms with Crippen LogP contribution in [0.25, 0.3) is 0 Å². The van der Waals surface area contributed by atoms with Gasteiger partial charge in [-0.25, -0.2) is 9.59 Å². The number of amides is 2. The number of esters is 1. The molecule has 0 heterocycles. The highest BCUT2D eigenvalue weighted by Gasteiger charge is 2.30. The van der Waals surface area contributed by atoms with Crippen LogP contribution in [0.5, 0.6) is 0 Å². The monoisotopic (exact) mass is 384 g/mol. The van der Waals surface area contributed by atoms with Crippen molar-refractivity contribution in [2.75, 3.05) is 13.7 Å². The molecule has 0 aliphatic heterocycles. The Kier molecular flexibility index (Phi) is 9.60. The quantitative estimate of drug-likeness (QED) is 0.627. The molecule has 0 unspecified atom stereocenters. The standard InChI is InChI=1S/C20H36N2O5/c1-6-7-8-16(18(24)26-5)22-17(23)15-11-9-14(10-12-15)13-21-19(25)27-20(2,3)4/h14-16H,6-13H2,1-5H3,(H,21,25)(H,22,23)/t14-,15-,16-/m0/s1. The Morgan fingerprint density at radius 1 is 1.11 bits per heavy atom. The first kappa shape index (κ1) is 23.2. The van der Waals surface area contributed by atoms with Crippen molar-refractivity contribution in [2.45, 2.75) is 84.3 Å². The Labute approximate surface area is 162 Å². The molecule has 2 N–H and O–H groups in total. The van der Waals surface area contributed by atoms with E-state index in [0.717, 1.165) is 38.5 Å². The normalized spacial score (nSPS) is 21.1. The van der Waals surface area contributed by atoms with Gasteiger partial charge in [-0.05, 0) is 58.8 Å². The van der Waals surface area contributed by atoms with Gasteiger partial charge < -0.3 is 20.1 Å². The molecule has 0 aromatic carbocycles. The molecule has 7 nitrogen and oxygen atoms in total. The van der Waals surface area contributed by atoms with Crippen LogP contribution in [-0.2, 0) is 19.1 Å². The Bertz CT molecular complexity index is 493. The zero-order valence-corrected chi connectivity index (χ0v) is 17.4. The van der Waals surface area contributed by atoms with E-state index in [0.29, 0.717) is 18.9 Å². The summed E-state index contributed by atoms with van der Waals surface area (Å²) in [5, 5.41) is 5.67. The van der Waals surface area contributed by atoms with E-state index in [9.17, 15) is 14.4 Å². The van der Waals surface area contributed by atoms with Crippen LogP contribution in [0, 0.1) is 11.8 Å². The molecule has 1 atom stereocenters. The molecule has 27 heavy (non-hydrogen) atoms. The number of alkyl carbamates (subject to hydrolysis) is 1. The largest absolute Gasteiger partial charge is 0.467 e. The maximum absolute atomic E-state index is 12.5. The SMILES string of the molecule is CCCC[C@H](NC(=O)[C@H]1CC[C@H](CNC(=O)OC(C)(C)C)CC1)C(=O)OC. The van der Waals surface area contributed by atoms with Crippen LogP contribution < -0.4 is 10.6 Å². The van der Waals surface area contributed by atoms with Crippen molar-refractivity contribution in [1.82, 2.24) is 10.6 Å². The minimum absolute atomic E-state index is 0.0694. The molecular weight excluding hydrogens is 348 g/mol. The van der Waals surface area contributed by atoms with Gasteiger partial charge in [0.25, 0.3) is 0 Å². The Morgan fingerprint density at radius 3 is 2.26 bits per heavy atom. The highest BCUT2D eigenvalue weighted by atomic mass is 16.6. The second-order valence-electron chi connectivity index (χ2n) is 8.33. The van der Waals surface area contributed by atoms with E-state index >= 15 is 0 Å². The number of carbonyl (C=O) groups is 3. The zero-order chi connectivity index (χ0) is 20.4. The molecule has 1 saturated carbocycles. The van der Waals surface area contributed by atoms with Crippen molar-refractivity contribution < 1.29 is 23.9 Å². The maximum Gasteiger partial charge on any atom is 0.407 e. The third kappa shape index (κ3) is 9.11. The van der Waals surface area contributed by atoms with Gasteiger partial charge in [-0.2, -0.15) is 0 Å². The van der Waals surface area contributed by atoms with E-state index < -0.39 is 17.7 Å². The van der Waals surface area contributed by atoms with E-state index in [1.807, 2.05) is 27.7 Å². The van der Waals surface area contributed by atoms with Crippen LogP contribution in [0.3, 0.4) is 0 Å². The lowest BCUT2D eigenvalue weighted by Crippen LogP contribution is -2.45. The second-order valence-corrected chi connectivity index (χ2v) is 8.33. The second kappa shape index (κ2) is 11.1. The first-order chi connectivity index (χ1) is 12.7. The van der Waals surface area contributed by atoms with Gasteiger partial charge in [0.2, 0.25) is 5.91 Å². The lowest BCUT2D eigenvalue weighted by atomic mass is 9.81. The molecule has 0 spiro atoms. The van der Waals surface area contributed by atoms with Crippen molar-refractivity contribution in [1.29, 1.82) is 0 Å². The van der Waals surface area contributed by atoms with E-state index in [1.165, 1.54) is 7.11 Å². The average molecular weight is 385 g/mol. The molecule has 0 bridgehead atoms. The molecule has 7 heteroatoms. The first-order valence-electron chi connectivity index (χ1n) is 10.0. The zero-order valence-electron chi connectivity index (χ0n) is 17.4. The number of hydrogen-bond donors (Lipinski definition) is 2. The summed E-state index contributed by atoms with van der Waals surface area (Å²) in [5.41, 5.74) is -0.506. The Hall–Kier alpha value is -1.79. The summed E-state index contributed by atoms with van der Waals surface area (Å²) < 4.78 is 10.0. The number of carbonyl (C=O) groups excluding carboxylic acids is 3. The smallest absolute Gasteiger partial charge is 0.407 e. The van der Waals surface area contributed by atoms with E-state index in [-0.39, 0.29) is 17.8 Å². The number of ether oxygens (including phenoxy) is 2. The topological polar surface area (TPSA) is 93.7 Å². The summed E-state index contributed by atoms with van der Waals surface area (Å²) in [7, 11) is 1.34. The third-order valence-corrected chi connectivity index (χ3v) is 4.80. The lowest BCUT2D eigenvalue weighted by Gasteiger charge is -2.29. The summed E-state index contributed by atoms with van der Waals surface area (Å²) in [5.74, 6) is -0.193. The Morgan fingerprint density at radius 2 is 1.74 bits per heavy atom. The third-order valence-electron chi connectivity index (χ3n) is 4.80. The van der Waals surface area contributed by atoms with Crippen molar-refractivity contribution in [3.8, 4) is 0 Å². The first-order valence-corrected chi connectivity index (χ1v) is 10.0. The Balaban J connectivity index is 2.38. The van der Waals surface area contributed by atoms with Crippen molar-refractivity contribution in [3.05, 3.63) is 0 Å². The molecule has 1 fully saturated rings. The summed E-state index contributed by atoms with van der Waals surface area (Å²) in [6.07, 6.45) is 5.27. The van der Waals surface area contributed by atoms with Gasteiger partial charge in [-0.15, -0.1) is 0 Å². The summed E-state index contributed by atoms with van der Waals surface area (Å²) in [4.78, 5) is 36.1. The predicted octanol–water partition coefficient (Wildman–Crippen LogP) is 3.17. The van der Waals surface area contributed by atoms with Crippen LogP contribution in [0.2, 0.25) is 0 Å². The molecule has 2 amide bonds. The number of methoxy groups -OCH3 is 1. The minimum atomic E-state index is -0.561. The van der Waals surface area contributed by atoms with Crippen LogP contribution in [0.4, 0.5) is 4.79 Å². The molecule has 156 valence electrons. The predicted molar refractivity (Wildman–Crippen MR) is 103 cm³/mol. The highest BCUT2D eigenvalue weighted by Crippen LogP contribution is 2.28. The number of unbranched alkanes of at least 4 members (excludes halogenated alkanes) is 1. The number of rotatable bonds is 8. The van der Waals surface area contributed by atoms with Gasteiger partial charge in [-0.1, -0.05) is 19.8 Å². The summed E-state index contributed by atoms with van der Waals surface area (Å²) >= 11 is 0. The van der Waals surface area contributed by atoms with Crippen molar-refractivity contribution >= 4 is 18.0 Å². The van der Waals surface area contributed by atoms with Gasteiger partial charge in [0, 0.05) is 12.5 Å². The van der Waals surface area contributed by atoms with Gasteiger partial charge in [0.15, 0.2) is 0 Å². The highest BCUT2D eigenvalue weighted by molar-refractivity contribution is 5.85. The van der Waals surface area contributed by atoms with E-state index in [2.05, 4.69) is 10.6 Å². The van der Waals surface area contributed by atoms with Crippen LogP contribution in [-0.4, -0.2) is 43.3 Å². The molecule has 1 aliphatic rings. The molecule has 0 radical (unpaired) electrons. The fourth-order valence-electron chi connectivity index (χ4n) is 3.26. The lowest BCUT2D eigenvalue weighted by molar-refractivity contribution is -0.146. The van der Waals surface area contributed by atoms with Gasteiger partial charge in [-0.3, -0.25) is 4.79 Å². The molecule has 1 rings (SSSR count). The molecule has 1 aliphatic carbocycles. The van der Waals surface area contributed by atoms with Crippen molar-refractivity contribution in [2.24, 2.45) is 11.8 Å². The fourth-order valence-corrected chi connectivity index (χ4v) is 3.26. The van der Waals surface area contributed by atoms with Gasteiger partial charge in [0.1, 0.15) is 11.6 Å². The summed E-state index contributed by atoms with van der Waals surface area (Å²) in [6, 6.07) is -0.561. The van der Waals surface area contributed by atoms with E-state index in [1.54, 1.807) is 0 Å². The molecular formula is C20H36N2O5. The molecule has 0 aromatic rings. The van der Waals surface area contributed by atoms with Crippen LogP contribution in [0.1, 0.15) is 72.6 Å². The average Bonchev–Trinajstić information content (AvgIpc) is 2.61. The van der Waals surface area contributed by atoms with E-state index in [4.69, 9.17) is 9.47 Å². The van der Waals surface area contributed by atoms with Crippen LogP contribution >= 0.6 is 0 Å². The minimum Gasteiger partial charge on any atom is -0.467 e. The summed E-state index contributed by atoms with van der Waals surface area (Å²) in [6.45, 7) is 8.10. The number of hydrogen-bond acceptors (Lipinski definition) is 5. The fraction of sp³-hybridized carbons (Fsp3) is 0.850. The van der Waals surface area contributed by atoms with Gasteiger partial charge in [0.05, 0.1) is 7.11 Å². The van der Waals surface area contributed by atoms with Crippen LogP contribution in [0.15, 0.2) is 0 Å². The molecule has 0 aromatic heterocycles.